The minimum atomic E-state index is -1.72. The Morgan fingerprint density at radius 1 is 1.12 bits per heavy atom. The molecule has 1 heterocycles. The van der Waals surface area contributed by atoms with Crippen molar-refractivity contribution in [2.24, 2.45) is 0 Å². The van der Waals surface area contributed by atoms with Gasteiger partial charge in [0.25, 0.3) is 0 Å². The van der Waals surface area contributed by atoms with E-state index in [1.807, 2.05) is 11.9 Å². The van der Waals surface area contributed by atoms with Crippen molar-refractivity contribution in [3.05, 3.63) is 29.3 Å². The Hall–Kier alpha value is -1.30. The molecule has 1 aliphatic heterocycles. The SMILES string of the molecule is CN1CC(C)(Oc2c(F)cc(F)c(F)c2F)C1. The molecular formula is C11H11F4NO. The van der Waals surface area contributed by atoms with Crippen LogP contribution in [0.3, 0.4) is 0 Å². The van der Waals surface area contributed by atoms with Crippen LogP contribution in [0.2, 0.25) is 0 Å². The maximum atomic E-state index is 13.3. The van der Waals surface area contributed by atoms with Crippen molar-refractivity contribution >= 4 is 0 Å². The van der Waals surface area contributed by atoms with Gasteiger partial charge in [0.2, 0.25) is 5.82 Å². The fourth-order valence-corrected chi connectivity index (χ4v) is 2.05. The molecule has 0 N–H and O–H groups in total. The first-order valence-electron chi connectivity index (χ1n) is 5.03. The molecule has 0 amide bonds. The second kappa shape index (κ2) is 3.87. The summed E-state index contributed by atoms with van der Waals surface area (Å²) in [5, 5.41) is 0. The van der Waals surface area contributed by atoms with Crippen LogP contribution in [0.5, 0.6) is 5.75 Å². The second-order valence-electron chi connectivity index (χ2n) is 4.52. The summed E-state index contributed by atoms with van der Waals surface area (Å²) >= 11 is 0. The molecule has 0 unspecified atom stereocenters. The number of hydrogen-bond donors (Lipinski definition) is 0. The summed E-state index contributed by atoms with van der Waals surface area (Å²) in [6.07, 6.45) is 0. The highest BCUT2D eigenvalue weighted by atomic mass is 19.2. The molecular weight excluding hydrogens is 238 g/mol. The Bertz CT molecular complexity index is 457. The first kappa shape index (κ1) is 12.2. The van der Waals surface area contributed by atoms with Crippen LogP contribution in [-0.4, -0.2) is 30.6 Å². The summed E-state index contributed by atoms with van der Waals surface area (Å²) in [7, 11) is 1.81. The molecule has 0 atom stereocenters. The first-order valence-corrected chi connectivity index (χ1v) is 5.03. The van der Waals surface area contributed by atoms with Crippen molar-refractivity contribution in [2.75, 3.05) is 20.1 Å². The lowest BCUT2D eigenvalue weighted by Crippen LogP contribution is -2.61. The van der Waals surface area contributed by atoms with Crippen LogP contribution in [-0.2, 0) is 0 Å². The Labute approximate surface area is 95.8 Å². The molecule has 0 spiro atoms. The topological polar surface area (TPSA) is 12.5 Å². The highest BCUT2D eigenvalue weighted by molar-refractivity contribution is 5.29. The second-order valence-corrected chi connectivity index (χ2v) is 4.52. The van der Waals surface area contributed by atoms with Crippen molar-refractivity contribution in [3.8, 4) is 5.75 Å². The minimum absolute atomic E-state index is 0.277. The van der Waals surface area contributed by atoms with E-state index >= 15 is 0 Å². The normalized spacial score (nSPS) is 18.9. The Morgan fingerprint density at radius 2 is 1.71 bits per heavy atom. The smallest absolute Gasteiger partial charge is 0.206 e. The Balaban J connectivity index is 2.30. The first-order chi connectivity index (χ1) is 7.82. The highest BCUT2D eigenvalue weighted by Gasteiger charge is 2.40. The lowest BCUT2D eigenvalue weighted by molar-refractivity contribution is -0.0543. The third-order valence-corrected chi connectivity index (χ3v) is 2.63. The number of ether oxygens (including phenoxy) is 1. The zero-order chi connectivity index (χ0) is 12.8. The third kappa shape index (κ3) is 2.09. The lowest BCUT2D eigenvalue weighted by Gasteiger charge is -2.45. The van der Waals surface area contributed by atoms with Gasteiger partial charge in [0.1, 0.15) is 5.60 Å². The summed E-state index contributed by atoms with van der Waals surface area (Å²) in [5.74, 6) is -7.02. The van der Waals surface area contributed by atoms with E-state index < -0.39 is 34.6 Å². The van der Waals surface area contributed by atoms with E-state index in [1.165, 1.54) is 0 Å². The Kier molecular flexibility index (Phi) is 2.77. The number of nitrogens with zero attached hydrogens (tertiary/aromatic N) is 1. The van der Waals surface area contributed by atoms with Crippen molar-refractivity contribution in [3.63, 3.8) is 0 Å². The maximum absolute atomic E-state index is 13.3. The predicted molar refractivity (Wildman–Crippen MR) is 52.8 cm³/mol. The van der Waals surface area contributed by atoms with Crippen LogP contribution < -0.4 is 4.74 Å². The largest absolute Gasteiger partial charge is 0.479 e. The van der Waals surface area contributed by atoms with E-state index in [4.69, 9.17) is 4.74 Å². The zero-order valence-electron chi connectivity index (χ0n) is 9.36. The molecule has 0 bridgehead atoms. The monoisotopic (exact) mass is 249 g/mol. The summed E-state index contributed by atoms with van der Waals surface area (Å²) in [6.45, 7) is 2.57. The van der Waals surface area contributed by atoms with Gasteiger partial charge in [-0.3, -0.25) is 4.90 Å². The summed E-state index contributed by atoms with van der Waals surface area (Å²) in [6, 6.07) is 0.277. The van der Waals surface area contributed by atoms with E-state index in [0.29, 0.717) is 13.1 Å². The van der Waals surface area contributed by atoms with Gasteiger partial charge in [-0.15, -0.1) is 0 Å². The van der Waals surface area contributed by atoms with Crippen molar-refractivity contribution in [2.45, 2.75) is 12.5 Å². The van der Waals surface area contributed by atoms with Crippen LogP contribution in [0.25, 0.3) is 0 Å². The molecule has 0 saturated carbocycles. The molecule has 2 nitrogen and oxygen atoms in total. The molecule has 6 heteroatoms. The third-order valence-electron chi connectivity index (χ3n) is 2.63. The van der Waals surface area contributed by atoms with E-state index in [2.05, 4.69) is 0 Å². The molecule has 0 radical (unpaired) electrons. The number of hydrogen-bond acceptors (Lipinski definition) is 2. The van der Waals surface area contributed by atoms with Crippen LogP contribution in [0, 0.1) is 23.3 Å². The van der Waals surface area contributed by atoms with Gasteiger partial charge in [-0.05, 0) is 14.0 Å². The molecule has 0 aromatic heterocycles. The molecule has 17 heavy (non-hydrogen) atoms. The van der Waals surface area contributed by atoms with Crippen LogP contribution in [0.15, 0.2) is 6.07 Å². The Morgan fingerprint density at radius 3 is 2.24 bits per heavy atom. The number of likely N-dealkylation sites (N-methyl/N-ethyl adjacent to an activating group) is 1. The van der Waals surface area contributed by atoms with Crippen LogP contribution in [0.1, 0.15) is 6.92 Å². The molecule has 1 saturated heterocycles. The zero-order valence-corrected chi connectivity index (χ0v) is 9.36. The lowest BCUT2D eigenvalue weighted by atomic mass is 9.97. The van der Waals surface area contributed by atoms with Gasteiger partial charge in [0.15, 0.2) is 23.2 Å². The molecule has 1 aliphatic rings. The van der Waals surface area contributed by atoms with E-state index in [0.717, 1.165) is 0 Å². The number of benzene rings is 1. The van der Waals surface area contributed by atoms with Gasteiger partial charge >= 0.3 is 0 Å². The predicted octanol–water partition coefficient (Wildman–Crippen LogP) is 2.33. The van der Waals surface area contributed by atoms with Gasteiger partial charge in [-0.25, -0.2) is 13.2 Å². The fraction of sp³-hybridized carbons (Fsp3) is 0.455. The van der Waals surface area contributed by atoms with Crippen molar-refractivity contribution in [1.29, 1.82) is 0 Å². The van der Waals surface area contributed by atoms with Gasteiger partial charge < -0.3 is 4.74 Å². The van der Waals surface area contributed by atoms with E-state index in [9.17, 15) is 17.6 Å². The number of halogens is 4. The number of rotatable bonds is 2. The highest BCUT2D eigenvalue weighted by Crippen LogP contribution is 2.32. The van der Waals surface area contributed by atoms with E-state index in [-0.39, 0.29) is 6.07 Å². The molecule has 1 aromatic rings. The summed E-state index contributed by atoms with van der Waals surface area (Å²) in [4.78, 5) is 1.87. The quantitative estimate of drug-likeness (QED) is 0.453. The molecule has 2 rings (SSSR count). The van der Waals surface area contributed by atoms with Crippen molar-refractivity contribution in [1.82, 2.24) is 4.90 Å². The molecule has 94 valence electrons. The van der Waals surface area contributed by atoms with Crippen LogP contribution in [0.4, 0.5) is 17.6 Å². The van der Waals surface area contributed by atoms with Crippen molar-refractivity contribution < 1.29 is 22.3 Å². The fourth-order valence-electron chi connectivity index (χ4n) is 2.05. The van der Waals surface area contributed by atoms with Crippen LogP contribution >= 0.6 is 0 Å². The van der Waals surface area contributed by atoms with Gasteiger partial charge in [0.05, 0.1) is 0 Å². The minimum Gasteiger partial charge on any atom is -0.479 e. The molecule has 1 aromatic carbocycles. The summed E-state index contributed by atoms with van der Waals surface area (Å²) in [5.41, 5.74) is -0.777. The maximum Gasteiger partial charge on any atom is 0.206 e. The van der Waals surface area contributed by atoms with Gasteiger partial charge in [-0.1, -0.05) is 0 Å². The van der Waals surface area contributed by atoms with Gasteiger partial charge in [0, 0.05) is 19.2 Å². The standard InChI is InChI=1S/C11H11F4NO/c1-11(4-16(2)5-11)17-10-7(13)3-6(12)8(14)9(10)15/h3H,4-5H2,1-2H3. The molecule has 1 fully saturated rings. The average molecular weight is 249 g/mol. The summed E-state index contributed by atoms with van der Waals surface area (Å²) < 4.78 is 57.3. The number of likely N-dealkylation sites (tertiary alicyclic amines) is 1. The molecule has 0 aliphatic carbocycles. The van der Waals surface area contributed by atoms with E-state index in [1.54, 1.807) is 6.92 Å². The van der Waals surface area contributed by atoms with Gasteiger partial charge in [-0.2, -0.15) is 4.39 Å². The average Bonchev–Trinajstić information content (AvgIpc) is 2.19.